The van der Waals surface area contributed by atoms with Gasteiger partial charge in [0.2, 0.25) is 0 Å². The Morgan fingerprint density at radius 1 is 0.293 bits per heavy atom. The van der Waals surface area contributed by atoms with E-state index < -0.39 is 62.6 Å². The molecule has 0 saturated carbocycles. The second kappa shape index (κ2) is 22.7. The topological polar surface area (TPSA) is 80.3 Å². The first-order valence-corrected chi connectivity index (χ1v) is 31.7. The molecule has 286 valence electrons. The van der Waals surface area contributed by atoms with E-state index in [1.54, 1.807) is 0 Å². The van der Waals surface area contributed by atoms with Gasteiger partial charge in [0.25, 0.3) is 0 Å². The van der Waals surface area contributed by atoms with Gasteiger partial charge in [-0.15, -0.1) is 0 Å². The van der Waals surface area contributed by atoms with Crippen LogP contribution in [-0.4, -0.2) is 51.1 Å². The molecule has 6 heteroatoms. The molecule has 0 fully saturated rings. The first-order valence-electron chi connectivity index (χ1n) is 19.6. The van der Waals surface area contributed by atoms with Crippen molar-refractivity contribution in [2.24, 2.45) is 0 Å². The van der Waals surface area contributed by atoms with Gasteiger partial charge in [-0.05, 0) is 12.2 Å². The number of carbonyl (C=O) groups excluding carboxylic acids is 2. The molecule has 0 atom stereocenters. The van der Waals surface area contributed by atoms with Gasteiger partial charge in [0.05, 0.1) is 0 Å². The van der Waals surface area contributed by atoms with E-state index in [1.165, 1.54) is 60.0 Å². The molecule has 0 aromatic heterocycles. The van der Waals surface area contributed by atoms with Gasteiger partial charge >= 0.3 is 282 Å². The Bertz CT molecular complexity index is 1970. The fraction of sp³-hybridized carbons (Fsp3) is 0.115. The molecule has 1 aliphatic carbocycles. The molecule has 0 radical (unpaired) electrons. The van der Waals surface area contributed by atoms with Crippen LogP contribution in [0.15, 0.2) is 206 Å². The molecule has 0 bridgehead atoms. The van der Waals surface area contributed by atoms with Crippen LogP contribution in [0.3, 0.4) is 0 Å². The molecule has 0 spiro atoms. The molecule has 58 heavy (non-hydrogen) atoms. The maximum atomic E-state index is 11.2. The quantitative estimate of drug-likeness (QED) is 0.114. The number of hydrogen-bond donors (Lipinski definition) is 0. The van der Waals surface area contributed by atoms with E-state index in [1.807, 2.05) is 0 Å². The van der Waals surface area contributed by atoms with Gasteiger partial charge in [0, 0.05) is 11.1 Å². The minimum atomic E-state index is -1.56. The molecule has 0 saturated heterocycles. The number of rotatable bonds is 12. The summed E-state index contributed by atoms with van der Waals surface area (Å²) in [5.74, 6) is -2.32. The summed E-state index contributed by atoms with van der Waals surface area (Å²) in [5, 5.41) is 22.5. The summed E-state index contributed by atoms with van der Waals surface area (Å²) < 4.78 is 7.96. The Kier molecular flexibility index (Phi) is 16.6. The fourth-order valence-electron chi connectivity index (χ4n) is 7.05. The van der Waals surface area contributed by atoms with E-state index >= 15 is 0 Å². The van der Waals surface area contributed by atoms with Crippen LogP contribution in [0.4, 0.5) is 0 Å². The molecule has 8 rings (SSSR count). The summed E-state index contributed by atoms with van der Waals surface area (Å²) in [6.07, 6.45) is 2.01. The Morgan fingerprint density at radius 2 is 0.483 bits per heavy atom. The Labute approximate surface area is 357 Å². The molecular formula is C52H46O4Sn2. The summed E-state index contributed by atoms with van der Waals surface area (Å²) in [7, 11) is 0. The van der Waals surface area contributed by atoms with Gasteiger partial charge in [0.15, 0.2) is 11.6 Å². The summed E-state index contributed by atoms with van der Waals surface area (Å²) in [6, 6.07) is 68.2. The summed E-state index contributed by atoms with van der Waals surface area (Å²) >= 11 is -3.11. The van der Waals surface area contributed by atoms with Crippen LogP contribution < -0.4 is 10.2 Å². The minimum absolute atomic E-state index is 0.301. The zero-order valence-electron chi connectivity index (χ0n) is 32.5. The van der Waals surface area contributed by atoms with E-state index in [4.69, 9.17) is 0 Å². The van der Waals surface area contributed by atoms with Gasteiger partial charge in [-0.2, -0.15) is 0 Å². The van der Waals surface area contributed by atoms with Crippen molar-refractivity contribution in [2.45, 2.75) is 26.6 Å². The van der Waals surface area contributed by atoms with Crippen molar-refractivity contribution in [3.8, 4) is 11.5 Å². The van der Waals surface area contributed by atoms with E-state index in [-0.39, 0.29) is 11.1 Å². The predicted octanol–water partition coefficient (Wildman–Crippen LogP) is 9.42. The average Bonchev–Trinajstić information content (AvgIpc) is 3.26. The first-order chi connectivity index (χ1) is 28.4. The molecular weight excluding hydrogens is 926 g/mol. The van der Waals surface area contributed by atoms with Crippen LogP contribution in [-0.2, 0) is 26.6 Å². The van der Waals surface area contributed by atoms with Crippen LogP contribution in [0, 0.1) is 0 Å². The number of ketones is 2. The van der Waals surface area contributed by atoms with Crippen molar-refractivity contribution in [1.29, 1.82) is 0 Å². The standard InChI is InChI=1S/C10H6O4.6C7H7.2Sn/c11-5-1-2-6(12)10-8(14)4-3-7(13)9(5)10;6*1-7-5-3-2-4-6-7;;/h1-4,11-12H;6*2-6H,1H2;;/q;;;;;;;2*+1/p-2. The van der Waals surface area contributed by atoms with Crippen LogP contribution >= 0.6 is 0 Å². The zero-order chi connectivity index (χ0) is 40.4. The molecule has 7 aromatic rings. The van der Waals surface area contributed by atoms with Crippen molar-refractivity contribution in [3.63, 3.8) is 0 Å². The Morgan fingerprint density at radius 3 is 0.672 bits per heavy atom. The van der Waals surface area contributed by atoms with Crippen molar-refractivity contribution in [2.75, 3.05) is 0 Å². The average molecular weight is 972 g/mol. The third-order valence-corrected chi connectivity index (χ3v) is 25.3. The predicted molar refractivity (Wildman–Crippen MR) is 236 cm³/mol. The molecule has 0 aliphatic heterocycles. The summed E-state index contributed by atoms with van der Waals surface area (Å²) in [4.78, 5) is 22.5. The third kappa shape index (κ3) is 13.5. The van der Waals surface area contributed by atoms with Crippen LogP contribution in [0.5, 0.6) is 11.5 Å². The van der Waals surface area contributed by atoms with Crippen molar-refractivity contribution >= 4 is 51.1 Å². The molecule has 4 nitrogen and oxygen atoms in total. The monoisotopic (exact) mass is 974 g/mol. The number of benzene rings is 7. The molecule has 7 aromatic carbocycles. The Balaban J connectivity index is 0.000000151. The van der Waals surface area contributed by atoms with E-state index in [2.05, 4.69) is 182 Å². The summed E-state index contributed by atoms with van der Waals surface area (Å²) in [5.41, 5.74) is 8.50. The SMILES string of the molecule is O=C1C=CC(=O)c2c([O-])ccc([O-])c21.c1ccc([CH2][Sn+]([CH2]c2ccccc2)[CH2]c2ccccc2)cc1.c1ccc([CH2][Sn+]([CH2]c2ccccc2)[CH2]c2ccccc2)cc1. The Hall–Kier alpha value is -5.18. The second-order valence-corrected chi connectivity index (χ2v) is 29.0. The third-order valence-electron chi connectivity index (χ3n) is 9.79. The molecule has 0 amide bonds. The second-order valence-electron chi connectivity index (χ2n) is 14.3. The van der Waals surface area contributed by atoms with Gasteiger partial charge < -0.3 is 10.2 Å². The van der Waals surface area contributed by atoms with E-state index in [0.717, 1.165) is 24.3 Å². The molecule has 0 N–H and O–H groups in total. The summed E-state index contributed by atoms with van der Waals surface area (Å²) in [6.45, 7) is 0. The first kappa shape index (κ1) is 42.4. The van der Waals surface area contributed by atoms with Crippen LogP contribution in [0.25, 0.3) is 0 Å². The molecule has 1 aliphatic rings. The van der Waals surface area contributed by atoms with Crippen molar-refractivity contribution in [3.05, 3.63) is 251 Å². The number of fused-ring (bicyclic) bond motifs is 1. The van der Waals surface area contributed by atoms with Crippen LogP contribution in [0.2, 0.25) is 0 Å². The number of hydrogen-bond acceptors (Lipinski definition) is 4. The molecule has 0 unspecified atom stereocenters. The van der Waals surface area contributed by atoms with Gasteiger partial charge in [-0.1, -0.05) is 23.6 Å². The van der Waals surface area contributed by atoms with Crippen LogP contribution in [0.1, 0.15) is 54.1 Å². The van der Waals surface area contributed by atoms with Gasteiger partial charge in [-0.25, -0.2) is 0 Å². The fourth-order valence-corrected chi connectivity index (χ4v) is 23.1. The maximum absolute atomic E-state index is 11.2. The number of carbonyl (C=O) groups is 2. The van der Waals surface area contributed by atoms with Gasteiger partial charge in [-0.3, -0.25) is 9.59 Å². The van der Waals surface area contributed by atoms with Crippen molar-refractivity contribution in [1.82, 2.24) is 0 Å². The number of allylic oxidation sites excluding steroid dienone is 2. The normalized spacial score (nSPS) is 11.3. The van der Waals surface area contributed by atoms with Gasteiger partial charge in [0.1, 0.15) is 0 Å². The van der Waals surface area contributed by atoms with Crippen molar-refractivity contribution < 1.29 is 19.8 Å². The molecule has 0 heterocycles. The van der Waals surface area contributed by atoms with E-state index in [0.29, 0.717) is 0 Å². The van der Waals surface area contributed by atoms with E-state index in [9.17, 15) is 19.8 Å². The zero-order valence-corrected chi connectivity index (χ0v) is 38.2.